The first kappa shape index (κ1) is 19.0. The van der Waals surface area contributed by atoms with Crippen molar-refractivity contribution in [2.45, 2.75) is 33.2 Å². The molecule has 2 aliphatic heterocycles. The molecule has 0 bridgehead atoms. The number of hydrogen-bond donors (Lipinski definition) is 0. The number of benzene rings is 1. The first-order valence-corrected chi connectivity index (χ1v) is 10.4. The van der Waals surface area contributed by atoms with Gasteiger partial charge in [-0.25, -0.2) is 4.98 Å². The van der Waals surface area contributed by atoms with E-state index in [0.717, 1.165) is 57.1 Å². The second kappa shape index (κ2) is 7.95. The number of piperazine rings is 1. The van der Waals surface area contributed by atoms with Crippen LogP contribution in [0.5, 0.6) is 0 Å². The van der Waals surface area contributed by atoms with E-state index in [-0.39, 0.29) is 5.92 Å². The molecule has 6 heteroatoms. The predicted molar refractivity (Wildman–Crippen MR) is 112 cm³/mol. The van der Waals surface area contributed by atoms with Gasteiger partial charge in [0.1, 0.15) is 0 Å². The van der Waals surface area contributed by atoms with Crippen LogP contribution in [0, 0.1) is 12.8 Å². The molecule has 4 rings (SSSR count). The standard InChI is InChI=1S/C22H31N5O/c1-17(2)24-10-12-25(13-11-24)22(28)19-8-9-26(15-19)20-4-6-21(7-5-20)27-14-18(3)23-16-27/h4-7,14,16-17,19H,8-13,15H2,1-3H3. The Morgan fingerprint density at radius 1 is 1.04 bits per heavy atom. The maximum Gasteiger partial charge on any atom is 0.227 e. The molecule has 1 atom stereocenters. The van der Waals surface area contributed by atoms with Crippen LogP contribution in [0.4, 0.5) is 5.69 Å². The summed E-state index contributed by atoms with van der Waals surface area (Å²) in [6.45, 7) is 12.0. The fourth-order valence-corrected chi connectivity index (χ4v) is 4.31. The van der Waals surface area contributed by atoms with Gasteiger partial charge in [0.2, 0.25) is 5.91 Å². The largest absolute Gasteiger partial charge is 0.371 e. The molecule has 2 saturated heterocycles. The van der Waals surface area contributed by atoms with Crippen molar-refractivity contribution in [3.8, 4) is 5.69 Å². The minimum atomic E-state index is 0.126. The number of hydrogen-bond acceptors (Lipinski definition) is 4. The van der Waals surface area contributed by atoms with Crippen molar-refractivity contribution in [3.63, 3.8) is 0 Å². The minimum Gasteiger partial charge on any atom is -0.371 e. The lowest BCUT2D eigenvalue weighted by Crippen LogP contribution is -2.52. The van der Waals surface area contributed by atoms with Gasteiger partial charge in [-0.1, -0.05) is 0 Å². The van der Waals surface area contributed by atoms with Crippen LogP contribution in [-0.4, -0.2) is 70.6 Å². The number of nitrogens with zero attached hydrogens (tertiary/aromatic N) is 5. The van der Waals surface area contributed by atoms with E-state index in [2.05, 4.69) is 57.8 Å². The lowest BCUT2D eigenvalue weighted by molar-refractivity contribution is -0.136. The molecule has 28 heavy (non-hydrogen) atoms. The Hall–Kier alpha value is -2.34. The number of carbonyl (C=O) groups is 1. The second-order valence-electron chi connectivity index (χ2n) is 8.33. The quantitative estimate of drug-likeness (QED) is 0.817. The number of rotatable bonds is 4. The zero-order chi connectivity index (χ0) is 19.7. The monoisotopic (exact) mass is 381 g/mol. The third kappa shape index (κ3) is 3.92. The summed E-state index contributed by atoms with van der Waals surface area (Å²) in [5.74, 6) is 0.470. The predicted octanol–water partition coefficient (Wildman–Crippen LogP) is 2.56. The summed E-state index contributed by atoms with van der Waals surface area (Å²) in [4.78, 5) is 24.1. The first-order valence-electron chi connectivity index (χ1n) is 10.4. The third-order valence-electron chi connectivity index (χ3n) is 6.12. The molecule has 3 heterocycles. The normalized spacial score (nSPS) is 20.9. The van der Waals surface area contributed by atoms with Crippen LogP contribution in [0.15, 0.2) is 36.8 Å². The van der Waals surface area contributed by atoms with Crippen molar-refractivity contribution >= 4 is 11.6 Å². The van der Waals surface area contributed by atoms with Crippen LogP contribution in [-0.2, 0) is 4.79 Å². The maximum absolute atomic E-state index is 13.0. The van der Waals surface area contributed by atoms with Gasteiger partial charge >= 0.3 is 0 Å². The van der Waals surface area contributed by atoms with Crippen LogP contribution < -0.4 is 4.90 Å². The van der Waals surface area contributed by atoms with Crippen LogP contribution in [0.2, 0.25) is 0 Å². The molecule has 2 aliphatic rings. The molecule has 1 amide bonds. The highest BCUT2D eigenvalue weighted by Crippen LogP contribution is 2.26. The van der Waals surface area contributed by atoms with E-state index in [0.29, 0.717) is 11.9 Å². The Morgan fingerprint density at radius 3 is 2.32 bits per heavy atom. The summed E-state index contributed by atoms with van der Waals surface area (Å²) in [6.07, 6.45) is 4.82. The molecule has 2 fully saturated rings. The Balaban J connectivity index is 1.34. The summed E-state index contributed by atoms with van der Waals surface area (Å²) in [5.41, 5.74) is 3.32. The highest BCUT2D eigenvalue weighted by molar-refractivity contribution is 5.80. The van der Waals surface area contributed by atoms with Crippen molar-refractivity contribution in [2.75, 3.05) is 44.2 Å². The van der Waals surface area contributed by atoms with Crippen LogP contribution in [0.25, 0.3) is 5.69 Å². The fourth-order valence-electron chi connectivity index (χ4n) is 4.31. The molecule has 1 aromatic carbocycles. The van der Waals surface area contributed by atoms with E-state index in [1.54, 1.807) is 0 Å². The topological polar surface area (TPSA) is 44.6 Å². The zero-order valence-corrected chi connectivity index (χ0v) is 17.2. The molecule has 1 aromatic heterocycles. The fraction of sp³-hybridized carbons (Fsp3) is 0.545. The molecule has 0 aliphatic carbocycles. The van der Waals surface area contributed by atoms with E-state index >= 15 is 0 Å². The van der Waals surface area contributed by atoms with Gasteiger partial charge in [-0.3, -0.25) is 9.69 Å². The molecule has 0 spiro atoms. The molecule has 0 N–H and O–H groups in total. The second-order valence-corrected chi connectivity index (χ2v) is 8.33. The Labute approximate surface area is 167 Å². The van der Waals surface area contributed by atoms with Gasteiger partial charge in [0.05, 0.1) is 17.9 Å². The van der Waals surface area contributed by atoms with Crippen molar-refractivity contribution in [2.24, 2.45) is 5.92 Å². The SMILES string of the molecule is Cc1cn(-c2ccc(N3CCC(C(=O)N4CCN(C(C)C)CC4)C3)cc2)cn1. The Kier molecular flexibility index (Phi) is 5.40. The molecule has 2 aromatic rings. The molecule has 150 valence electrons. The molecular formula is C22H31N5O. The van der Waals surface area contributed by atoms with Gasteiger partial charge in [0, 0.05) is 62.9 Å². The van der Waals surface area contributed by atoms with Crippen LogP contribution in [0.3, 0.4) is 0 Å². The average molecular weight is 382 g/mol. The number of aromatic nitrogens is 2. The highest BCUT2D eigenvalue weighted by atomic mass is 16.2. The van der Waals surface area contributed by atoms with Crippen molar-refractivity contribution < 1.29 is 4.79 Å². The van der Waals surface area contributed by atoms with Crippen molar-refractivity contribution in [3.05, 3.63) is 42.5 Å². The average Bonchev–Trinajstić information content (AvgIpc) is 3.37. The highest BCUT2D eigenvalue weighted by Gasteiger charge is 2.33. The van der Waals surface area contributed by atoms with E-state index in [4.69, 9.17) is 0 Å². The van der Waals surface area contributed by atoms with E-state index in [9.17, 15) is 4.79 Å². The van der Waals surface area contributed by atoms with E-state index < -0.39 is 0 Å². The third-order valence-corrected chi connectivity index (χ3v) is 6.12. The van der Waals surface area contributed by atoms with Crippen molar-refractivity contribution in [1.29, 1.82) is 0 Å². The van der Waals surface area contributed by atoms with Gasteiger partial charge in [-0.05, 0) is 51.5 Å². The van der Waals surface area contributed by atoms with Gasteiger partial charge in [-0.2, -0.15) is 0 Å². The van der Waals surface area contributed by atoms with Crippen LogP contribution in [0.1, 0.15) is 26.0 Å². The maximum atomic E-state index is 13.0. The molecule has 6 nitrogen and oxygen atoms in total. The summed E-state index contributed by atoms with van der Waals surface area (Å²) in [5, 5.41) is 0. The zero-order valence-electron chi connectivity index (χ0n) is 17.2. The molecule has 0 radical (unpaired) electrons. The van der Waals surface area contributed by atoms with Gasteiger partial charge < -0.3 is 14.4 Å². The summed E-state index contributed by atoms with van der Waals surface area (Å²) < 4.78 is 2.03. The smallest absolute Gasteiger partial charge is 0.227 e. The first-order chi connectivity index (χ1) is 13.5. The number of imidazole rings is 1. The summed E-state index contributed by atoms with van der Waals surface area (Å²) in [7, 11) is 0. The van der Waals surface area contributed by atoms with E-state index in [1.807, 2.05) is 24.0 Å². The lowest BCUT2D eigenvalue weighted by atomic mass is 10.1. The minimum absolute atomic E-state index is 0.126. The van der Waals surface area contributed by atoms with E-state index in [1.165, 1.54) is 5.69 Å². The van der Waals surface area contributed by atoms with Gasteiger partial charge in [0.25, 0.3) is 0 Å². The molecular weight excluding hydrogens is 350 g/mol. The van der Waals surface area contributed by atoms with Gasteiger partial charge in [0.15, 0.2) is 0 Å². The number of amides is 1. The molecule has 0 saturated carbocycles. The number of carbonyl (C=O) groups excluding carboxylic acids is 1. The Bertz CT molecular complexity index is 805. The lowest BCUT2D eigenvalue weighted by Gasteiger charge is -2.37. The number of aryl methyl sites for hydroxylation is 1. The van der Waals surface area contributed by atoms with Crippen molar-refractivity contribution in [1.82, 2.24) is 19.4 Å². The Morgan fingerprint density at radius 2 is 1.71 bits per heavy atom. The van der Waals surface area contributed by atoms with Crippen LogP contribution >= 0.6 is 0 Å². The summed E-state index contributed by atoms with van der Waals surface area (Å²) >= 11 is 0. The molecule has 1 unspecified atom stereocenters. The number of anilines is 1. The van der Waals surface area contributed by atoms with Gasteiger partial charge in [-0.15, -0.1) is 0 Å². The summed E-state index contributed by atoms with van der Waals surface area (Å²) in [6, 6.07) is 9.11.